The molecule has 0 aromatic carbocycles. The van der Waals surface area contributed by atoms with Crippen LogP contribution in [-0.4, -0.2) is 35.0 Å². The molecule has 4 heteroatoms. The maximum atomic E-state index is 12.3. The Hall–Kier alpha value is -1.06. The van der Waals surface area contributed by atoms with Crippen LogP contribution in [0.15, 0.2) is 0 Å². The van der Waals surface area contributed by atoms with Gasteiger partial charge in [0.15, 0.2) is 0 Å². The predicted octanol–water partition coefficient (Wildman–Crippen LogP) is 2.38. The van der Waals surface area contributed by atoms with Crippen LogP contribution in [-0.2, 0) is 9.59 Å². The molecule has 1 N–H and O–H groups in total. The van der Waals surface area contributed by atoms with Gasteiger partial charge in [-0.3, -0.25) is 9.59 Å². The molecule has 2 atom stereocenters. The molecule has 0 bridgehead atoms. The van der Waals surface area contributed by atoms with E-state index in [0.29, 0.717) is 31.3 Å². The molecule has 1 saturated heterocycles. The largest absolute Gasteiger partial charge is 0.481 e. The van der Waals surface area contributed by atoms with Gasteiger partial charge in [0, 0.05) is 19.5 Å². The first kappa shape index (κ1) is 14.4. The highest BCUT2D eigenvalue weighted by atomic mass is 16.4. The topological polar surface area (TPSA) is 57.6 Å². The average Bonchev–Trinajstić information content (AvgIpc) is 3.13. The van der Waals surface area contributed by atoms with Crippen molar-refractivity contribution in [2.75, 3.05) is 13.1 Å². The van der Waals surface area contributed by atoms with E-state index in [9.17, 15) is 14.7 Å². The van der Waals surface area contributed by atoms with Gasteiger partial charge in [-0.15, -0.1) is 0 Å². The van der Waals surface area contributed by atoms with E-state index in [-0.39, 0.29) is 17.7 Å². The lowest BCUT2D eigenvalue weighted by Crippen LogP contribution is -2.31. The smallest absolute Gasteiger partial charge is 0.308 e. The van der Waals surface area contributed by atoms with Crippen LogP contribution in [0.4, 0.5) is 0 Å². The predicted molar refractivity (Wildman–Crippen MR) is 72.6 cm³/mol. The summed E-state index contributed by atoms with van der Waals surface area (Å²) in [6, 6.07) is 0. The summed E-state index contributed by atoms with van der Waals surface area (Å²) in [5.74, 6) is 0.280. The Balaban J connectivity index is 1.94. The summed E-state index contributed by atoms with van der Waals surface area (Å²) in [4.78, 5) is 25.4. The third kappa shape index (κ3) is 3.28. The highest BCUT2D eigenvalue weighted by Gasteiger charge is 2.46. The van der Waals surface area contributed by atoms with E-state index in [1.165, 1.54) is 0 Å². The number of likely N-dealkylation sites (tertiary alicyclic amines) is 1. The zero-order valence-electron chi connectivity index (χ0n) is 12.0. The van der Waals surface area contributed by atoms with Gasteiger partial charge < -0.3 is 10.0 Å². The molecule has 0 aromatic rings. The third-order valence-corrected chi connectivity index (χ3v) is 4.88. The summed E-state index contributed by atoms with van der Waals surface area (Å²) in [5.41, 5.74) is 0. The molecule has 0 aromatic heterocycles. The van der Waals surface area contributed by atoms with Crippen molar-refractivity contribution in [1.82, 2.24) is 4.90 Å². The molecule has 1 heterocycles. The number of carbonyl (C=O) groups excluding carboxylic acids is 1. The van der Waals surface area contributed by atoms with E-state index in [4.69, 9.17) is 0 Å². The van der Waals surface area contributed by atoms with Crippen LogP contribution in [0, 0.1) is 23.7 Å². The molecule has 0 radical (unpaired) electrons. The molecule has 19 heavy (non-hydrogen) atoms. The minimum absolute atomic E-state index is 0.156. The SMILES string of the molecule is CCC(CC)CC(=O)N1C[C@H](C(=O)O)[C@@H](C2CC2)C1. The average molecular weight is 267 g/mol. The van der Waals surface area contributed by atoms with E-state index in [0.717, 1.165) is 25.7 Å². The summed E-state index contributed by atoms with van der Waals surface area (Å²) in [5, 5.41) is 9.30. The van der Waals surface area contributed by atoms with E-state index in [1.807, 2.05) is 0 Å². The monoisotopic (exact) mass is 267 g/mol. The molecule has 1 aliphatic carbocycles. The number of carboxylic acid groups (broad SMARTS) is 1. The summed E-state index contributed by atoms with van der Waals surface area (Å²) >= 11 is 0. The fourth-order valence-electron chi connectivity index (χ4n) is 3.25. The minimum atomic E-state index is -0.727. The van der Waals surface area contributed by atoms with Crippen LogP contribution in [0.25, 0.3) is 0 Å². The van der Waals surface area contributed by atoms with Crippen molar-refractivity contribution in [3.8, 4) is 0 Å². The van der Waals surface area contributed by atoms with Crippen molar-refractivity contribution in [2.24, 2.45) is 23.7 Å². The fourth-order valence-corrected chi connectivity index (χ4v) is 3.25. The second-order valence-electron chi connectivity index (χ2n) is 6.13. The van der Waals surface area contributed by atoms with Gasteiger partial charge in [0.25, 0.3) is 0 Å². The summed E-state index contributed by atoms with van der Waals surface area (Å²) in [6.07, 6.45) is 4.90. The summed E-state index contributed by atoms with van der Waals surface area (Å²) < 4.78 is 0. The molecule has 2 aliphatic rings. The maximum Gasteiger partial charge on any atom is 0.308 e. The Morgan fingerprint density at radius 1 is 1.21 bits per heavy atom. The van der Waals surface area contributed by atoms with Crippen LogP contribution in [0.5, 0.6) is 0 Å². The summed E-state index contributed by atoms with van der Waals surface area (Å²) in [7, 11) is 0. The van der Waals surface area contributed by atoms with Gasteiger partial charge in [-0.25, -0.2) is 0 Å². The van der Waals surface area contributed by atoms with Crippen molar-refractivity contribution in [2.45, 2.75) is 46.0 Å². The van der Waals surface area contributed by atoms with Crippen molar-refractivity contribution >= 4 is 11.9 Å². The molecule has 108 valence electrons. The van der Waals surface area contributed by atoms with Gasteiger partial charge in [0.2, 0.25) is 5.91 Å². The fraction of sp³-hybridized carbons (Fsp3) is 0.867. The Bertz CT molecular complexity index is 347. The van der Waals surface area contributed by atoms with E-state index in [2.05, 4.69) is 13.8 Å². The Labute approximate surface area is 115 Å². The molecule has 2 fully saturated rings. The molecule has 0 spiro atoms. The van der Waals surface area contributed by atoms with Crippen LogP contribution < -0.4 is 0 Å². The first-order valence-corrected chi connectivity index (χ1v) is 7.57. The zero-order chi connectivity index (χ0) is 14.0. The first-order chi connectivity index (χ1) is 9.06. The zero-order valence-corrected chi connectivity index (χ0v) is 12.0. The van der Waals surface area contributed by atoms with Crippen LogP contribution in [0.2, 0.25) is 0 Å². The molecule has 1 saturated carbocycles. The highest BCUT2D eigenvalue weighted by molar-refractivity contribution is 5.79. The van der Waals surface area contributed by atoms with Gasteiger partial charge in [-0.1, -0.05) is 26.7 Å². The quantitative estimate of drug-likeness (QED) is 0.804. The van der Waals surface area contributed by atoms with Crippen molar-refractivity contribution < 1.29 is 14.7 Å². The lowest BCUT2D eigenvalue weighted by atomic mass is 9.92. The van der Waals surface area contributed by atoms with E-state index < -0.39 is 5.97 Å². The number of carboxylic acids is 1. The standard InChI is InChI=1S/C15H25NO3/c1-3-10(4-2)7-14(17)16-8-12(11-5-6-11)13(9-16)15(18)19/h10-13H,3-9H2,1-2H3,(H,18,19)/t12-,13+/m1/s1. The summed E-state index contributed by atoms with van der Waals surface area (Å²) in [6.45, 7) is 5.31. The van der Waals surface area contributed by atoms with Crippen LogP contribution >= 0.6 is 0 Å². The second-order valence-corrected chi connectivity index (χ2v) is 6.13. The molecule has 2 rings (SSSR count). The first-order valence-electron chi connectivity index (χ1n) is 7.57. The second kappa shape index (κ2) is 5.93. The lowest BCUT2D eigenvalue weighted by molar-refractivity contribution is -0.142. The number of rotatable bonds is 6. The molecule has 1 amide bonds. The third-order valence-electron chi connectivity index (χ3n) is 4.88. The van der Waals surface area contributed by atoms with Gasteiger partial charge in [-0.2, -0.15) is 0 Å². The van der Waals surface area contributed by atoms with Gasteiger partial charge in [0.1, 0.15) is 0 Å². The van der Waals surface area contributed by atoms with E-state index in [1.54, 1.807) is 4.90 Å². The number of carbonyl (C=O) groups is 2. The number of aliphatic carboxylic acids is 1. The number of nitrogens with zero attached hydrogens (tertiary/aromatic N) is 1. The van der Waals surface area contributed by atoms with Crippen LogP contribution in [0.1, 0.15) is 46.0 Å². The minimum Gasteiger partial charge on any atom is -0.481 e. The Morgan fingerprint density at radius 2 is 1.84 bits per heavy atom. The molecular weight excluding hydrogens is 242 g/mol. The van der Waals surface area contributed by atoms with Gasteiger partial charge >= 0.3 is 5.97 Å². The van der Waals surface area contributed by atoms with Crippen molar-refractivity contribution in [3.63, 3.8) is 0 Å². The lowest BCUT2D eigenvalue weighted by Gasteiger charge is -2.19. The molecular formula is C15H25NO3. The van der Waals surface area contributed by atoms with Crippen molar-refractivity contribution in [1.29, 1.82) is 0 Å². The maximum absolute atomic E-state index is 12.3. The number of amides is 1. The van der Waals surface area contributed by atoms with Crippen molar-refractivity contribution in [3.05, 3.63) is 0 Å². The van der Waals surface area contributed by atoms with Gasteiger partial charge in [-0.05, 0) is 30.6 Å². The van der Waals surface area contributed by atoms with E-state index >= 15 is 0 Å². The highest BCUT2D eigenvalue weighted by Crippen LogP contribution is 2.44. The number of hydrogen-bond donors (Lipinski definition) is 1. The normalized spacial score (nSPS) is 27.0. The molecule has 0 unspecified atom stereocenters. The molecule has 1 aliphatic heterocycles. The Morgan fingerprint density at radius 3 is 2.32 bits per heavy atom. The molecule has 4 nitrogen and oxygen atoms in total. The Kier molecular flexibility index (Phi) is 4.48. The number of hydrogen-bond acceptors (Lipinski definition) is 2. The van der Waals surface area contributed by atoms with Gasteiger partial charge in [0.05, 0.1) is 5.92 Å². The van der Waals surface area contributed by atoms with Crippen LogP contribution in [0.3, 0.4) is 0 Å².